The van der Waals surface area contributed by atoms with Crippen molar-refractivity contribution < 1.29 is 13.5 Å². The van der Waals surface area contributed by atoms with E-state index in [2.05, 4.69) is 4.98 Å². The van der Waals surface area contributed by atoms with Crippen LogP contribution in [0.25, 0.3) is 4.96 Å². The van der Waals surface area contributed by atoms with Gasteiger partial charge in [0.1, 0.15) is 11.6 Å². The fraction of sp³-hybridized carbons (Fsp3) is 0.143. The van der Waals surface area contributed by atoms with Crippen LogP contribution in [-0.2, 0) is 12.0 Å². The normalized spacial score (nSPS) is 14.8. The molecule has 0 atom stereocenters. The first-order valence-corrected chi connectivity index (χ1v) is 9.51. The zero-order valence-corrected chi connectivity index (χ0v) is 15.6. The van der Waals surface area contributed by atoms with E-state index in [1.165, 1.54) is 40.0 Å². The molecule has 1 aliphatic rings. The Morgan fingerprint density at radius 3 is 2.18 bits per heavy atom. The summed E-state index contributed by atoms with van der Waals surface area (Å²) in [5.41, 5.74) is 0.527. The highest BCUT2D eigenvalue weighted by Gasteiger charge is 2.45. The molecule has 0 saturated heterocycles. The van der Waals surface area contributed by atoms with Crippen LogP contribution in [0, 0.1) is 18.6 Å². The molecule has 2 aromatic heterocycles. The summed E-state index contributed by atoms with van der Waals surface area (Å²) in [6.45, 7) is 1.91. The maximum atomic E-state index is 13.5. The first kappa shape index (κ1) is 17.1. The van der Waals surface area contributed by atoms with E-state index in [1.807, 2.05) is 6.92 Å². The largest absolute Gasteiger partial charge is 0.460 e. The summed E-state index contributed by atoms with van der Waals surface area (Å²) in [4.78, 5) is 19.1. The van der Waals surface area contributed by atoms with Gasteiger partial charge in [0.2, 0.25) is 5.88 Å². The maximum Gasteiger partial charge on any atom is 0.265 e. The number of halogens is 2. The second kappa shape index (κ2) is 5.97. The van der Waals surface area contributed by atoms with Crippen LogP contribution >= 0.6 is 11.3 Å². The molecule has 7 heteroatoms. The predicted molar refractivity (Wildman–Crippen MR) is 102 cm³/mol. The van der Waals surface area contributed by atoms with Crippen LogP contribution in [-0.4, -0.2) is 9.38 Å². The summed E-state index contributed by atoms with van der Waals surface area (Å²) in [7, 11) is 0. The Labute approximate surface area is 162 Å². The van der Waals surface area contributed by atoms with Gasteiger partial charge in [0.25, 0.3) is 5.56 Å². The monoisotopic (exact) mass is 396 g/mol. The second-order valence-corrected chi connectivity index (χ2v) is 8.03. The van der Waals surface area contributed by atoms with E-state index in [9.17, 15) is 13.6 Å². The smallest absolute Gasteiger partial charge is 0.265 e. The molecule has 2 aromatic carbocycles. The Hall–Kier alpha value is -3.06. The van der Waals surface area contributed by atoms with E-state index in [-0.39, 0.29) is 29.5 Å². The third-order valence-corrected chi connectivity index (χ3v) is 5.92. The number of nitrogens with zero attached hydrogens (tertiary/aromatic N) is 2. The zero-order valence-electron chi connectivity index (χ0n) is 14.8. The van der Waals surface area contributed by atoms with Gasteiger partial charge in [0, 0.05) is 28.6 Å². The van der Waals surface area contributed by atoms with E-state index < -0.39 is 5.60 Å². The fourth-order valence-corrected chi connectivity index (χ4v) is 4.49. The van der Waals surface area contributed by atoms with Crippen LogP contribution in [0.5, 0.6) is 5.88 Å². The summed E-state index contributed by atoms with van der Waals surface area (Å²) >= 11 is 1.40. The molecule has 0 aliphatic carbocycles. The van der Waals surface area contributed by atoms with Crippen molar-refractivity contribution in [2.75, 3.05) is 0 Å². The number of thiazole rings is 1. The molecule has 140 valence electrons. The molecule has 1 aliphatic heterocycles. The maximum absolute atomic E-state index is 13.5. The van der Waals surface area contributed by atoms with Crippen molar-refractivity contribution >= 4 is 16.3 Å². The molecule has 0 bridgehead atoms. The first-order valence-electron chi connectivity index (χ1n) is 8.69. The van der Waals surface area contributed by atoms with Gasteiger partial charge >= 0.3 is 0 Å². The van der Waals surface area contributed by atoms with Crippen molar-refractivity contribution in [3.63, 3.8) is 0 Å². The molecule has 28 heavy (non-hydrogen) atoms. The molecular formula is C21H14F2N2O2S. The molecule has 4 aromatic rings. The van der Waals surface area contributed by atoms with Crippen LogP contribution in [0.4, 0.5) is 8.78 Å². The van der Waals surface area contributed by atoms with E-state index in [1.54, 1.807) is 30.5 Å². The molecule has 0 fully saturated rings. The van der Waals surface area contributed by atoms with Crippen LogP contribution < -0.4 is 10.3 Å². The van der Waals surface area contributed by atoms with Gasteiger partial charge in [-0.3, -0.25) is 9.20 Å². The van der Waals surface area contributed by atoms with E-state index in [0.29, 0.717) is 21.7 Å². The van der Waals surface area contributed by atoms with Crippen molar-refractivity contribution in [1.82, 2.24) is 9.38 Å². The van der Waals surface area contributed by atoms with Gasteiger partial charge in [-0.05, 0) is 31.2 Å². The summed E-state index contributed by atoms with van der Waals surface area (Å²) in [6.07, 6.45) is 1.98. The van der Waals surface area contributed by atoms with Gasteiger partial charge in [-0.1, -0.05) is 24.3 Å². The van der Waals surface area contributed by atoms with Crippen molar-refractivity contribution in [3.05, 3.63) is 98.3 Å². The molecular weight excluding hydrogens is 382 g/mol. The lowest BCUT2D eigenvalue weighted by atomic mass is 9.83. The summed E-state index contributed by atoms with van der Waals surface area (Å²) in [6, 6.07) is 11.8. The van der Waals surface area contributed by atoms with Crippen LogP contribution in [0.2, 0.25) is 0 Å². The van der Waals surface area contributed by atoms with E-state index >= 15 is 0 Å². The highest BCUT2D eigenvalue weighted by atomic mass is 32.1. The molecule has 0 spiro atoms. The lowest BCUT2D eigenvalue weighted by Crippen LogP contribution is -2.33. The van der Waals surface area contributed by atoms with Crippen molar-refractivity contribution in [1.29, 1.82) is 0 Å². The number of benzene rings is 2. The van der Waals surface area contributed by atoms with Gasteiger partial charge in [0.05, 0.1) is 5.56 Å². The number of ether oxygens (including phenoxy) is 1. The van der Waals surface area contributed by atoms with E-state index in [0.717, 1.165) is 4.88 Å². The zero-order chi connectivity index (χ0) is 19.5. The number of hydrogen-bond donors (Lipinski definition) is 0. The second-order valence-electron chi connectivity index (χ2n) is 6.81. The number of fused-ring (bicyclic) bond motifs is 2. The van der Waals surface area contributed by atoms with E-state index in [4.69, 9.17) is 4.74 Å². The Kier molecular flexibility index (Phi) is 3.64. The molecule has 4 nitrogen and oxygen atoms in total. The Morgan fingerprint density at radius 1 is 1.04 bits per heavy atom. The Bertz CT molecular complexity index is 1220. The predicted octanol–water partition coefficient (Wildman–Crippen LogP) is 4.22. The van der Waals surface area contributed by atoms with Crippen LogP contribution in [0.1, 0.15) is 21.6 Å². The average molecular weight is 396 g/mol. The molecule has 0 unspecified atom stereocenters. The molecule has 0 amide bonds. The lowest BCUT2D eigenvalue weighted by Gasteiger charge is -2.29. The minimum absolute atomic E-state index is 0.185. The summed E-state index contributed by atoms with van der Waals surface area (Å²) in [5.74, 6) is -0.481. The summed E-state index contributed by atoms with van der Waals surface area (Å²) < 4.78 is 34.8. The van der Waals surface area contributed by atoms with Crippen molar-refractivity contribution in [2.45, 2.75) is 18.9 Å². The van der Waals surface area contributed by atoms with Crippen LogP contribution in [0.3, 0.4) is 0 Å². The van der Waals surface area contributed by atoms with Gasteiger partial charge in [-0.15, -0.1) is 11.3 Å². The standard InChI is InChI=1S/C21H14F2N2O2S/c1-12-11-25-19(26)17-10-21(13-2-6-15(22)7-3-13,14-4-8-16(23)9-5-14)27-18(17)24-20(25)28-12/h2-9,11H,10H2,1H3. The summed E-state index contributed by atoms with van der Waals surface area (Å²) in [5, 5.41) is 0. The third-order valence-electron chi connectivity index (χ3n) is 5.02. The van der Waals surface area contributed by atoms with Crippen molar-refractivity contribution in [3.8, 4) is 5.88 Å². The number of aryl methyl sites for hydroxylation is 1. The topological polar surface area (TPSA) is 43.6 Å². The van der Waals surface area contributed by atoms with Gasteiger partial charge < -0.3 is 4.74 Å². The molecule has 0 saturated carbocycles. The van der Waals surface area contributed by atoms with Gasteiger partial charge in [-0.2, -0.15) is 4.98 Å². The highest BCUT2D eigenvalue weighted by molar-refractivity contribution is 7.16. The third kappa shape index (κ3) is 2.46. The van der Waals surface area contributed by atoms with Crippen molar-refractivity contribution in [2.24, 2.45) is 0 Å². The minimum atomic E-state index is -1.07. The Balaban J connectivity index is 1.73. The number of aromatic nitrogens is 2. The average Bonchev–Trinajstić information content (AvgIpc) is 3.24. The molecule has 0 radical (unpaired) electrons. The van der Waals surface area contributed by atoms with Gasteiger partial charge in [-0.25, -0.2) is 8.78 Å². The number of hydrogen-bond acceptors (Lipinski definition) is 4. The highest BCUT2D eigenvalue weighted by Crippen LogP contribution is 2.44. The molecule has 3 heterocycles. The lowest BCUT2D eigenvalue weighted by molar-refractivity contribution is 0.134. The molecule has 5 rings (SSSR count). The molecule has 0 N–H and O–H groups in total. The first-order chi connectivity index (χ1) is 13.5. The number of rotatable bonds is 2. The fourth-order valence-electron chi connectivity index (χ4n) is 3.68. The van der Waals surface area contributed by atoms with Gasteiger partial charge in [0.15, 0.2) is 10.6 Å². The quantitative estimate of drug-likeness (QED) is 0.510. The Morgan fingerprint density at radius 2 is 1.61 bits per heavy atom. The van der Waals surface area contributed by atoms with Crippen LogP contribution in [0.15, 0.2) is 59.5 Å². The minimum Gasteiger partial charge on any atom is -0.460 e. The SMILES string of the molecule is Cc1cn2c(=O)c3c(nc2s1)OC(c1ccc(F)cc1)(c1ccc(F)cc1)C3.